The summed E-state index contributed by atoms with van der Waals surface area (Å²) in [6.45, 7) is 0.669. The lowest BCUT2D eigenvalue weighted by Crippen LogP contribution is -2.06. The van der Waals surface area contributed by atoms with E-state index >= 15 is 0 Å². The van der Waals surface area contributed by atoms with Crippen LogP contribution in [-0.2, 0) is 23.1 Å². The van der Waals surface area contributed by atoms with E-state index in [1.807, 2.05) is 36.4 Å². The number of nitrogens with zero attached hydrogens (tertiary/aromatic N) is 3. The van der Waals surface area contributed by atoms with Crippen LogP contribution < -0.4 is 5.32 Å². The number of pyridine rings is 1. The molecule has 0 saturated heterocycles. The third-order valence-electron chi connectivity index (χ3n) is 3.39. The quantitative estimate of drug-likeness (QED) is 0.748. The molecule has 24 heavy (non-hydrogen) atoms. The normalized spacial score (nSPS) is 11.9. The van der Waals surface area contributed by atoms with E-state index in [1.165, 1.54) is 5.56 Å². The van der Waals surface area contributed by atoms with Crippen LogP contribution in [0.25, 0.3) is 11.4 Å². The molecule has 0 spiro atoms. The summed E-state index contributed by atoms with van der Waals surface area (Å²) >= 11 is 0. The largest absolute Gasteiger partial charge is 0.366 e. The molecule has 2 aromatic heterocycles. The van der Waals surface area contributed by atoms with Crippen LogP contribution >= 0.6 is 0 Å². The fourth-order valence-corrected chi connectivity index (χ4v) is 2.85. The number of nitrogens with one attached hydrogen (secondary N) is 1. The molecule has 0 radical (unpaired) electrons. The number of hydrogen-bond donors (Lipinski definition) is 1. The van der Waals surface area contributed by atoms with Crippen molar-refractivity contribution >= 4 is 16.6 Å². The molecular weight excluding hydrogens is 320 g/mol. The minimum Gasteiger partial charge on any atom is -0.366 e. The molecule has 122 valence electrons. The second-order valence-electron chi connectivity index (χ2n) is 5.36. The highest BCUT2D eigenvalue weighted by atomic mass is 32.2. The van der Waals surface area contributed by atoms with Crippen LogP contribution in [-0.4, -0.2) is 25.4 Å². The smallest absolute Gasteiger partial charge is 0.161 e. The molecule has 3 rings (SSSR count). The highest BCUT2D eigenvalue weighted by Crippen LogP contribution is 2.18. The van der Waals surface area contributed by atoms with E-state index in [2.05, 4.69) is 32.4 Å². The predicted octanol–water partition coefficient (Wildman–Crippen LogP) is 3.03. The van der Waals surface area contributed by atoms with Crippen LogP contribution in [0, 0.1) is 0 Å². The predicted molar refractivity (Wildman–Crippen MR) is 96.8 cm³/mol. The fourth-order valence-electron chi connectivity index (χ4n) is 2.29. The zero-order chi connectivity index (χ0) is 16.8. The fraction of sp³-hybridized carbons (Fsp3) is 0.167. The molecule has 0 bridgehead atoms. The van der Waals surface area contributed by atoms with Gasteiger partial charge in [-0.25, -0.2) is 9.97 Å². The zero-order valence-electron chi connectivity index (χ0n) is 13.3. The van der Waals surface area contributed by atoms with Crippen LogP contribution in [0.1, 0.15) is 11.3 Å². The van der Waals surface area contributed by atoms with E-state index in [0.29, 0.717) is 18.1 Å². The molecule has 3 aromatic rings. The maximum absolute atomic E-state index is 11.6. The SMILES string of the molecule is CS(=O)Cc1cc(NCc2ccccc2)nc(-c2ccncc2)n1. The van der Waals surface area contributed by atoms with Gasteiger partial charge in [0, 0.05) is 47.6 Å². The number of hydrogen-bond acceptors (Lipinski definition) is 5. The third kappa shape index (κ3) is 4.45. The molecule has 1 atom stereocenters. The number of benzene rings is 1. The number of anilines is 1. The van der Waals surface area contributed by atoms with Crippen LogP contribution in [0.2, 0.25) is 0 Å². The van der Waals surface area contributed by atoms with Gasteiger partial charge in [0.2, 0.25) is 0 Å². The Labute approximate surface area is 143 Å². The second kappa shape index (κ2) is 7.79. The van der Waals surface area contributed by atoms with E-state index in [-0.39, 0.29) is 0 Å². The molecule has 1 aromatic carbocycles. The van der Waals surface area contributed by atoms with Gasteiger partial charge in [-0.05, 0) is 17.7 Å². The van der Waals surface area contributed by atoms with E-state index < -0.39 is 10.8 Å². The van der Waals surface area contributed by atoms with Crippen molar-refractivity contribution < 1.29 is 4.21 Å². The van der Waals surface area contributed by atoms with E-state index in [4.69, 9.17) is 0 Å². The third-order valence-corrected chi connectivity index (χ3v) is 4.09. The molecule has 6 heteroatoms. The van der Waals surface area contributed by atoms with Gasteiger partial charge >= 0.3 is 0 Å². The standard InChI is InChI=1S/C18H18N4OS/c1-24(23)13-16-11-17(20-12-14-5-3-2-4-6-14)22-18(21-16)15-7-9-19-10-8-15/h2-11H,12-13H2,1H3,(H,20,21,22). The minimum atomic E-state index is -0.960. The van der Waals surface area contributed by atoms with Crippen LogP contribution in [0.5, 0.6) is 0 Å². The van der Waals surface area contributed by atoms with E-state index in [9.17, 15) is 4.21 Å². The molecular formula is C18H18N4OS. The molecule has 0 aliphatic carbocycles. The van der Waals surface area contributed by atoms with Gasteiger partial charge in [-0.1, -0.05) is 30.3 Å². The van der Waals surface area contributed by atoms with E-state index in [1.54, 1.807) is 18.6 Å². The topological polar surface area (TPSA) is 67.8 Å². The Morgan fingerprint density at radius 2 is 1.79 bits per heavy atom. The summed E-state index contributed by atoms with van der Waals surface area (Å²) in [6, 6.07) is 15.7. The molecule has 1 N–H and O–H groups in total. The van der Waals surface area contributed by atoms with Gasteiger partial charge < -0.3 is 5.32 Å². The first-order valence-corrected chi connectivity index (χ1v) is 9.29. The maximum Gasteiger partial charge on any atom is 0.161 e. The van der Waals surface area contributed by atoms with Gasteiger partial charge in [-0.3, -0.25) is 9.19 Å². The van der Waals surface area contributed by atoms with Gasteiger partial charge in [0.25, 0.3) is 0 Å². The zero-order valence-corrected chi connectivity index (χ0v) is 14.2. The van der Waals surface area contributed by atoms with Crippen molar-refractivity contribution in [2.75, 3.05) is 11.6 Å². The van der Waals surface area contributed by atoms with Gasteiger partial charge in [-0.15, -0.1) is 0 Å². The molecule has 0 aliphatic rings. The highest BCUT2D eigenvalue weighted by Gasteiger charge is 2.08. The molecule has 1 unspecified atom stereocenters. The number of aromatic nitrogens is 3. The molecule has 0 aliphatic heterocycles. The summed E-state index contributed by atoms with van der Waals surface area (Å²) in [7, 11) is -0.960. The van der Waals surface area contributed by atoms with Gasteiger partial charge in [-0.2, -0.15) is 0 Å². The Morgan fingerprint density at radius 1 is 1.04 bits per heavy atom. The first kappa shape index (κ1) is 16.3. The van der Waals surface area contributed by atoms with E-state index in [0.717, 1.165) is 17.1 Å². The van der Waals surface area contributed by atoms with Crippen molar-refractivity contribution in [1.29, 1.82) is 0 Å². The Kier molecular flexibility index (Phi) is 5.28. The van der Waals surface area contributed by atoms with Crippen molar-refractivity contribution in [3.8, 4) is 11.4 Å². The summed E-state index contributed by atoms with van der Waals surface area (Å²) in [4.78, 5) is 13.1. The van der Waals surface area contributed by atoms with Crippen LogP contribution in [0.3, 0.4) is 0 Å². The maximum atomic E-state index is 11.6. The Hall–Kier alpha value is -2.60. The Morgan fingerprint density at radius 3 is 2.50 bits per heavy atom. The minimum absolute atomic E-state index is 0.403. The van der Waals surface area contributed by atoms with Gasteiger partial charge in [0.05, 0.1) is 11.4 Å². The van der Waals surface area contributed by atoms with Gasteiger partial charge in [0.1, 0.15) is 5.82 Å². The first-order chi connectivity index (χ1) is 11.7. The lowest BCUT2D eigenvalue weighted by molar-refractivity contribution is 0.686. The Balaban J connectivity index is 1.88. The molecule has 5 nitrogen and oxygen atoms in total. The average Bonchev–Trinajstić information content (AvgIpc) is 2.61. The summed E-state index contributed by atoms with van der Waals surface area (Å²) in [5, 5.41) is 3.32. The van der Waals surface area contributed by atoms with Crippen molar-refractivity contribution in [2.24, 2.45) is 0 Å². The highest BCUT2D eigenvalue weighted by molar-refractivity contribution is 7.83. The van der Waals surface area contributed by atoms with Crippen LogP contribution in [0.4, 0.5) is 5.82 Å². The molecule has 0 fully saturated rings. The number of rotatable bonds is 6. The second-order valence-corrected chi connectivity index (χ2v) is 6.80. The van der Waals surface area contributed by atoms with Crippen LogP contribution in [0.15, 0.2) is 60.9 Å². The summed E-state index contributed by atoms with van der Waals surface area (Å²) < 4.78 is 11.6. The van der Waals surface area contributed by atoms with Crippen molar-refractivity contribution in [3.05, 3.63) is 72.2 Å². The molecule has 0 saturated carbocycles. The molecule has 2 heterocycles. The van der Waals surface area contributed by atoms with Gasteiger partial charge in [0.15, 0.2) is 5.82 Å². The monoisotopic (exact) mass is 338 g/mol. The van der Waals surface area contributed by atoms with Crippen molar-refractivity contribution in [1.82, 2.24) is 15.0 Å². The van der Waals surface area contributed by atoms with Crippen molar-refractivity contribution in [2.45, 2.75) is 12.3 Å². The lowest BCUT2D eigenvalue weighted by atomic mass is 10.2. The molecule has 0 amide bonds. The van der Waals surface area contributed by atoms with Crippen molar-refractivity contribution in [3.63, 3.8) is 0 Å². The first-order valence-electron chi connectivity index (χ1n) is 7.57. The summed E-state index contributed by atoms with van der Waals surface area (Å²) in [6.07, 6.45) is 5.09. The summed E-state index contributed by atoms with van der Waals surface area (Å²) in [5.41, 5.74) is 2.81. The lowest BCUT2D eigenvalue weighted by Gasteiger charge is -2.10. The Bertz CT molecular complexity index is 825. The average molecular weight is 338 g/mol. The summed E-state index contributed by atoms with van der Waals surface area (Å²) in [5.74, 6) is 1.73.